The maximum absolute atomic E-state index is 13.5. The van der Waals surface area contributed by atoms with Crippen LogP contribution in [-0.2, 0) is 0 Å². The van der Waals surface area contributed by atoms with Gasteiger partial charge in [0.15, 0.2) is 0 Å². The third-order valence-corrected chi connectivity index (χ3v) is 2.52. The molecule has 1 aromatic carbocycles. The SMILES string of the molecule is Cc1cc(Br)cc([C@@H](N)CCF)c1F. The maximum atomic E-state index is 13.5. The van der Waals surface area contributed by atoms with Gasteiger partial charge in [0.2, 0.25) is 0 Å². The molecule has 0 bridgehead atoms. The lowest BCUT2D eigenvalue weighted by Crippen LogP contribution is -2.13. The van der Waals surface area contributed by atoms with E-state index >= 15 is 0 Å². The van der Waals surface area contributed by atoms with E-state index in [2.05, 4.69) is 15.9 Å². The lowest BCUT2D eigenvalue weighted by molar-refractivity contribution is 0.434. The second-order valence-corrected chi connectivity index (χ2v) is 4.13. The molecule has 4 heteroatoms. The molecule has 1 atom stereocenters. The fourth-order valence-corrected chi connectivity index (χ4v) is 1.88. The van der Waals surface area contributed by atoms with Gasteiger partial charge in [0, 0.05) is 16.1 Å². The van der Waals surface area contributed by atoms with Crippen molar-refractivity contribution in [2.45, 2.75) is 19.4 Å². The molecule has 0 aliphatic carbocycles. The highest BCUT2D eigenvalue weighted by atomic mass is 79.9. The molecular weight excluding hydrogens is 252 g/mol. The van der Waals surface area contributed by atoms with Crippen LogP contribution < -0.4 is 5.73 Å². The number of hydrogen-bond acceptors (Lipinski definition) is 1. The van der Waals surface area contributed by atoms with Gasteiger partial charge in [-0.25, -0.2) is 4.39 Å². The Kier molecular flexibility index (Phi) is 4.01. The first-order valence-corrected chi connectivity index (χ1v) is 5.12. The van der Waals surface area contributed by atoms with E-state index in [9.17, 15) is 8.78 Å². The molecule has 0 unspecified atom stereocenters. The topological polar surface area (TPSA) is 26.0 Å². The monoisotopic (exact) mass is 263 g/mol. The van der Waals surface area contributed by atoms with Gasteiger partial charge in [0.25, 0.3) is 0 Å². The lowest BCUT2D eigenvalue weighted by atomic mass is 10.0. The van der Waals surface area contributed by atoms with Crippen LogP contribution in [-0.4, -0.2) is 6.67 Å². The van der Waals surface area contributed by atoms with E-state index in [1.807, 2.05) is 0 Å². The number of nitrogens with two attached hydrogens (primary N) is 1. The second-order valence-electron chi connectivity index (χ2n) is 3.21. The summed E-state index contributed by atoms with van der Waals surface area (Å²) in [5.74, 6) is -0.339. The Hall–Kier alpha value is -0.480. The molecular formula is C10H12BrF2N. The fraction of sp³-hybridized carbons (Fsp3) is 0.400. The first kappa shape index (κ1) is 11.6. The summed E-state index contributed by atoms with van der Waals surface area (Å²) in [4.78, 5) is 0. The molecule has 1 nitrogen and oxygen atoms in total. The minimum absolute atomic E-state index is 0.146. The number of aryl methyl sites for hydroxylation is 1. The Morgan fingerprint density at radius 3 is 2.71 bits per heavy atom. The molecule has 0 amide bonds. The third kappa shape index (κ3) is 2.51. The van der Waals surface area contributed by atoms with Crippen LogP contribution >= 0.6 is 15.9 Å². The Balaban J connectivity index is 3.07. The first-order valence-electron chi connectivity index (χ1n) is 4.33. The van der Waals surface area contributed by atoms with Gasteiger partial charge >= 0.3 is 0 Å². The summed E-state index contributed by atoms with van der Waals surface area (Å²) in [6.45, 7) is 1.12. The average Bonchev–Trinajstić information content (AvgIpc) is 2.11. The van der Waals surface area contributed by atoms with Crippen molar-refractivity contribution in [1.29, 1.82) is 0 Å². The van der Waals surface area contributed by atoms with Gasteiger partial charge in [-0.15, -0.1) is 0 Å². The summed E-state index contributed by atoms with van der Waals surface area (Å²) >= 11 is 3.25. The standard InChI is InChI=1S/C10H12BrF2N/c1-6-4-7(11)5-8(10(6)13)9(14)2-3-12/h4-5,9H,2-3,14H2,1H3/t9-/m0/s1. The van der Waals surface area contributed by atoms with Crippen molar-refractivity contribution in [3.8, 4) is 0 Å². The molecule has 1 aromatic rings. The van der Waals surface area contributed by atoms with Gasteiger partial charge in [0.05, 0.1) is 6.67 Å². The van der Waals surface area contributed by atoms with Crippen LogP contribution in [0, 0.1) is 12.7 Å². The third-order valence-electron chi connectivity index (χ3n) is 2.07. The van der Waals surface area contributed by atoms with Crippen molar-refractivity contribution < 1.29 is 8.78 Å². The van der Waals surface area contributed by atoms with E-state index in [1.165, 1.54) is 0 Å². The van der Waals surface area contributed by atoms with Gasteiger partial charge < -0.3 is 5.73 Å². The predicted octanol–water partition coefficient (Wildman–Crippen LogP) is 3.26. The zero-order valence-electron chi connectivity index (χ0n) is 7.86. The van der Waals surface area contributed by atoms with Crippen molar-refractivity contribution in [2.75, 3.05) is 6.67 Å². The van der Waals surface area contributed by atoms with E-state index in [0.717, 1.165) is 4.47 Å². The summed E-state index contributed by atoms with van der Waals surface area (Å²) in [6, 6.07) is 2.69. The maximum Gasteiger partial charge on any atom is 0.130 e. The Bertz CT molecular complexity index is 328. The molecule has 0 aliphatic rings. The highest BCUT2D eigenvalue weighted by molar-refractivity contribution is 9.10. The van der Waals surface area contributed by atoms with Crippen molar-refractivity contribution in [1.82, 2.24) is 0 Å². The van der Waals surface area contributed by atoms with Crippen LogP contribution in [0.1, 0.15) is 23.6 Å². The van der Waals surface area contributed by atoms with E-state index in [-0.39, 0.29) is 12.2 Å². The number of hydrogen-bond donors (Lipinski definition) is 1. The van der Waals surface area contributed by atoms with Gasteiger partial charge in [0.1, 0.15) is 5.82 Å². The number of alkyl halides is 1. The van der Waals surface area contributed by atoms with Crippen LogP contribution in [0.3, 0.4) is 0 Å². The quantitative estimate of drug-likeness (QED) is 0.890. The molecule has 0 saturated carbocycles. The van der Waals surface area contributed by atoms with Gasteiger partial charge in [-0.3, -0.25) is 4.39 Å². The number of rotatable bonds is 3. The molecule has 2 N–H and O–H groups in total. The normalized spacial score (nSPS) is 12.9. The lowest BCUT2D eigenvalue weighted by Gasteiger charge is -2.13. The van der Waals surface area contributed by atoms with E-state index < -0.39 is 12.7 Å². The van der Waals surface area contributed by atoms with Crippen LogP contribution in [0.2, 0.25) is 0 Å². The summed E-state index contributed by atoms with van der Waals surface area (Å²) in [6.07, 6.45) is 0.146. The van der Waals surface area contributed by atoms with Gasteiger partial charge in [-0.05, 0) is 31.0 Å². The van der Waals surface area contributed by atoms with E-state index in [4.69, 9.17) is 5.73 Å². The molecule has 0 aromatic heterocycles. The Labute approximate surface area is 90.4 Å². The minimum Gasteiger partial charge on any atom is -0.324 e. The van der Waals surface area contributed by atoms with Crippen LogP contribution in [0.15, 0.2) is 16.6 Å². The molecule has 0 aliphatic heterocycles. The smallest absolute Gasteiger partial charge is 0.130 e. The molecule has 0 spiro atoms. The molecule has 78 valence electrons. The molecule has 14 heavy (non-hydrogen) atoms. The summed E-state index contributed by atoms with van der Waals surface area (Å²) < 4.78 is 26.3. The molecule has 0 radical (unpaired) electrons. The largest absolute Gasteiger partial charge is 0.324 e. The van der Waals surface area contributed by atoms with Gasteiger partial charge in [-0.2, -0.15) is 0 Å². The number of benzene rings is 1. The predicted molar refractivity (Wildman–Crippen MR) is 56.4 cm³/mol. The first-order chi connectivity index (χ1) is 6.56. The number of halogens is 3. The molecule has 0 fully saturated rings. The average molecular weight is 264 g/mol. The van der Waals surface area contributed by atoms with E-state index in [1.54, 1.807) is 19.1 Å². The van der Waals surface area contributed by atoms with Crippen molar-refractivity contribution in [3.05, 3.63) is 33.5 Å². The minimum atomic E-state index is -0.573. The van der Waals surface area contributed by atoms with Crippen molar-refractivity contribution >= 4 is 15.9 Å². The Morgan fingerprint density at radius 1 is 1.50 bits per heavy atom. The fourth-order valence-electron chi connectivity index (χ4n) is 1.29. The zero-order valence-corrected chi connectivity index (χ0v) is 9.44. The Morgan fingerprint density at radius 2 is 2.14 bits per heavy atom. The van der Waals surface area contributed by atoms with Crippen LogP contribution in [0.4, 0.5) is 8.78 Å². The van der Waals surface area contributed by atoms with Crippen LogP contribution in [0.25, 0.3) is 0 Å². The highest BCUT2D eigenvalue weighted by Gasteiger charge is 2.13. The zero-order chi connectivity index (χ0) is 10.7. The van der Waals surface area contributed by atoms with Crippen molar-refractivity contribution in [3.63, 3.8) is 0 Å². The summed E-state index contributed by atoms with van der Waals surface area (Å²) in [7, 11) is 0. The molecule has 0 saturated heterocycles. The van der Waals surface area contributed by atoms with Crippen LogP contribution in [0.5, 0.6) is 0 Å². The molecule has 0 heterocycles. The summed E-state index contributed by atoms with van der Waals surface area (Å²) in [5.41, 5.74) is 6.53. The highest BCUT2D eigenvalue weighted by Crippen LogP contribution is 2.25. The summed E-state index contributed by atoms with van der Waals surface area (Å²) in [5, 5.41) is 0. The second kappa shape index (κ2) is 4.84. The van der Waals surface area contributed by atoms with Crippen molar-refractivity contribution in [2.24, 2.45) is 5.73 Å². The molecule has 1 rings (SSSR count). The van der Waals surface area contributed by atoms with E-state index in [0.29, 0.717) is 11.1 Å². The van der Waals surface area contributed by atoms with Gasteiger partial charge in [-0.1, -0.05) is 15.9 Å².